The summed E-state index contributed by atoms with van der Waals surface area (Å²) < 4.78 is 5.30. The van der Waals surface area contributed by atoms with E-state index in [1.54, 1.807) is 6.07 Å². The van der Waals surface area contributed by atoms with Gasteiger partial charge in [0.25, 0.3) is 11.8 Å². The van der Waals surface area contributed by atoms with Crippen molar-refractivity contribution in [1.82, 2.24) is 4.90 Å². The number of hydrogen-bond donors (Lipinski definition) is 0. The maximum absolute atomic E-state index is 12.5. The SMILES string of the molecule is CCOCCCCCCN1C(=O)c2ccc(C(C)C)cc2C1=O. The fourth-order valence-electron chi connectivity index (χ4n) is 2.84. The first-order valence-electron chi connectivity index (χ1n) is 8.64. The van der Waals surface area contributed by atoms with Crippen LogP contribution in [0, 0.1) is 0 Å². The van der Waals surface area contributed by atoms with E-state index in [0.29, 0.717) is 23.6 Å². The quantitative estimate of drug-likeness (QED) is 0.511. The Morgan fingerprint density at radius 3 is 2.39 bits per heavy atom. The van der Waals surface area contributed by atoms with Crippen LogP contribution < -0.4 is 0 Å². The fraction of sp³-hybridized carbons (Fsp3) is 0.579. The van der Waals surface area contributed by atoms with Gasteiger partial charge < -0.3 is 4.74 Å². The number of fused-ring (bicyclic) bond motifs is 1. The number of imide groups is 1. The van der Waals surface area contributed by atoms with Crippen LogP contribution in [0.4, 0.5) is 0 Å². The molecule has 2 rings (SSSR count). The van der Waals surface area contributed by atoms with Crippen LogP contribution >= 0.6 is 0 Å². The molecule has 0 fully saturated rings. The molecule has 0 saturated carbocycles. The molecule has 0 aromatic heterocycles. The van der Waals surface area contributed by atoms with E-state index in [9.17, 15) is 9.59 Å². The predicted molar refractivity (Wildman–Crippen MR) is 90.9 cm³/mol. The zero-order chi connectivity index (χ0) is 16.8. The molecule has 0 N–H and O–H groups in total. The molecule has 1 aromatic rings. The summed E-state index contributed by atoms with van der Waals surface area (Å²) in [6.45, 7) is 8.23. The van der Waals surface area contributed by atoms with Crippen molar-refractivity contribution >= 4 is 11.8 Å². The first-order valence-corrected chi connectivity index (χ1v) is 8.64. The molecule has 0 atom stereocenters. The molecular weight excluding hydrogens is 290 g/mol. The third kappa shape index (κ3) is 4.20. The number of hydrogen-bond acceptors (Lipinski definition) is 3. The van der Waals surface area contributed by atoms with Gasteiger partial charge in [-0.3, -0.25) is 14.5 Å². The molecule has 0 aliphatic carbocycles. The Morgan fingerprint density at radius 2 is 1.70 bits per heavy atom. The molecule has 1 heterocycles. The van der Waals surface area contributed by atoms with Crippen LogP contribution in [0.25, 0.3) is 0 Å². The number of benzene rings is 1. The van der Waals surface area contributed by atoms with Crippen molar-refractivity contribution in [2.75, 3.05) is 19.8 Å². The van der Waals surface area contributed by atoms with E-state index >= 15 is 0 Å². The molecule has 23 heavy (non-hydrogen) atoms. The summed E-state index contributed by atoms with van der Waals surface area (Å²) in [5.74, 6) is 0.0685. The van der Waals surface area contributed by atoms with Gasteiger partial charge in [-0.25, -0.2) is 0 Å². The fourth-order valence-corrected chi connectivity index (χ4v) is 2.84. The van der Waals surface area contributed by atoms with Crippen LogP contribution in [0.1, 0.15) is 78.7 Å². The lowest BCUT2D eigenvalue weighted by molar-refractivity contribution is 0.0650. The normalized spacial score (nSPS) is 14.0. The number of unbranched alkanes of at least 4 members (excludes halogenated alkanes) is 3. The van der Waals surface area contributed by atoms with Gasteiger partial charge in [-0.05, 0) is 43.4 Å². The van der Waals surface area contributed by atoms with Crippen molar-refractivity contribution in [2.24, 2.45) is 0 Å². The Hall–Kier alpha value is -1.68. The summed E-state index contributed by atoms with van der Waals surface area (Å²) >= 11 is 0. The number of amides is 2. The Bertz CT molecular complexity index is 566. The van der Waals surface area contributed by atoms with Gasteiger partial charge in [-0.2, -0.15) is 0 Å². The van der Waals surface area contributed by atoms with Crippen LogP contribution in [0.3, 0.4) is 0 Å². The molecule has 126 valence electrons. The molecule has 0 saturated heterocycles. The molecule has 0 bridgehead atoms. The first kappa shape index (κ1) is 17.7. The van der Waals surface area contributed by atoms with E-state index in [-0.39, 0.29) is 11.8 Å². The number of ether oxygens (including phenoxy) is 1. The van der Waals surface area contributed by atoms with Gasteiger partial charge in [-0.15, -0.1) is 0 Å². The van der Waals surface area contributed by atoms with Crippen molar-refractivity contribution in [3.8, 4) is 0 Å². The van der Waals surface area contributed by atoms with Crippen LogP contribution in [0.15, 0.2) is 18.2 Å². The Balaban J connectivity index is 1.88. The van der Waals surface area contributed by atoms with E-state index in [1.807, 2.05) is 19.1 Å². The summed E-state index contributed by atoms with van der Waals surface area (Å²) in [5, 5.41) is 0. The van der Waals surface area contributed by atoms with Crippen molar-refractivity contribution in [1.29, 1.82) is 0 Å². The highest BCUT2D eigenvalue weighted by atomic mass is 16.5. The topological polar surface area (TPSA) is 46.6 Å². The Kier molecular flexibility index (Phi) is 6.34. The molecule has 4 nitrogen and oxygen atoms in total. The van der Waals surface area contributed by atoms with Gasteiger partial charge in [0.15, 0.2) is 0 Å². The van der Waals surface area contributed by atoms with Crippen LogP contribution in [-0.4, -0.2) is 36.5 Å². The van der Waals surface area contributed by atoms with E-state index in [2.05, 4.69) is 13.8 Å². The summed E-state index contributed by atoms with van der Waals surface area (Å²) in [4.78, 5) is 26.3. The number of carbonyl (C=O) groups is 2. The monoisotopic (exact) mass is 317 g/mol. The second kappa shape index (κ2) is 8.25. The van der Waals surface area contributed by atoms with Crippen LogP contribution in [0.2, 0.25) is 0 Å². The lowest BCUT2D eigenvalue weighted by atomic mass is 9.98. The first-order chi connectivity index (χ1) is 11.1. The van der Waals surface area contributed by atoms with E-state index in [1.165, 1.54) is 4.90 Å². The molecule has 0 unspecified atom stereocenters. The molecular formula is C19H27NO3. The lowest BCUT2D eigenvalue weighted by Crippen LogP contribution is -2.30. The summed E-state index contributed by atoms with van der Waals surface area (Å²) in [6.07, 6.45) is 3.97. The maximum Gasteiger partial charge on any atom is 0.261 e. The zero-order valence-corrected chi connectivity index (χ0v) is 14.4. The molecule has 1 aliphatic heterocycles. The molecule has 4 heteroatoms. The molecule has 0 spiro atoms. The van der Waals surface area contributed by atoms with Crippen molar-refractivity contribution in [2.45, 2.75) is 52.4 Å². The number of nitrogens with zero attached hydrogens (tertiary/aromatic N) is 1. The number of rotatable bonds is 9. The zero-order valence-electron chi connectivity index (χ0n) is 14.4. The average molecular weight is 317 g/mol. The third-order valence-electron chi connectivity index (χ3n) is 4.29. The van der Waals surface area contributed by atoms with E-state index < -0.39 is 0 Å². The highest BCUT2D eigenvalue weighted by molar-refractivity contribution is 6.21. The minimum Gasteiger partial charge on any atom is -0.382 e. The van der Waals surface area contributed by atoms with Crippen molar-refractivity contribution < 1.29 is 14.3 Å². The third-order valence-corrected chi connectivity index (χ3v) is 4.29. The summed E-state index contributed by atoms with van der Waals surface area (Å²) in [6, 6.07) is 5.63. The van der Waals surface area contributed by atoms with Crippen LogP contribution in [-0.2, 0) is 4.74 Å². The van der Waals surface area contributed by atoms with Crippen LogP contribution in [0.5, 0.6) is 0 Å². The molecule has 0 radical (unpaired) electrons. The highest BCUT2D eigenvalue weighted by Gasteiger charge is 2.35. The summed E-state index contributed by atoms with van der Waals surface area (Å²) in [7, 11) is 0. The average Bonchev–Trinajstić information content (AvgIpc) is 2.78. The molecule has 2 amide bonds. The second-order valence-corrected chi connectivity index (χ2v) is 6.33. The maximum atomic E-state index is 12.5. The minimum absolute atomic E-state index is 0.137. The van der Waals surface area contributed by atoms with E-state index in [4.69, 9.17) is 4.74 Å². The van der Waals surface area contributed by atoms with Gasteiger partial charge >= 0.3 is 0 Å². The largest absolute Gasteiger partial charge is 0.382 e. The molecule has 1 aromatic carbocycles. The predicted octanol–water partition coefficient (Wildman–Crippen LogP) is 4.00. The smallest absolute Gasteiger partial charge is 0.261 e. The van der Waals surface area contributed by atoms with Crippen molar-refractivity contribution in [3.63, 3.8) is 0 Å². The van der Waals surface area contributed by atoms with Gasteiger partial charge in [0.05, 0.1) is 11.1 Å². The Labute approximate surface area is 138 Å². The van der Waals surface area contributed by atoms with Gasteiger partial charge in [0, 0.05) is 19.8 Å². The van der Waals surface area contributed by atoms with Crippen molar-refractivity contribution in [3.05, 3.63) is 34.9 Å². The minimum atomic E-state index is -0.144. The van der Waals surface area contributed by atoms with Gasteiger partial charge in [0.1, 0.15) is 0 Å². The summed E-state index contributed by atoms with van der Waals surface area (Å²) in [5.41, 5.74) is 2.22. The Morgan fingerprint density at radius 1 is 1.00 bits per heavy atom. The molecule has 1 aliphatic rings. The highest BCUT2D eigenvalue weighted by Crippen LogP contribution is 2.27. The van der Waals surface area contributed by atoms with Gasteiger partial charge in [-0.1, -0.05) is 32.8 Å². The lowest BCUT2D eigenvalue weighted by Gasteiger charge is -2.13. The second-order valence-electron chi connectivity index (χ2n) is 6.33. The standard InChI is InChI=1S/C19H27NO3/c1-4-23-12-8-6-5-7-11-20-18(21)16-10-9-15(14(2)3)13-17(16)19(20)22/h9-10,13-14H,4-8,11-12H2,1-3H3. The number of carbonyl (C=O) groups excluding carboxylic acids is 2. The van der Waals surface area contributed by atoms with E-state index in [0.717, 1.165) is 44.5 Å². The van der Waals surface area contributed by atoms with Gasteiger partial charge in [0.2, 0.25) is 0 Å².